The minimum Gasteiger partial charge on any atom is -0.480 e. The second-order valence-corrected chi connectivity index (χ2v) is 4.74. The molecule has 1 atom stereocenters. The molecule has 0 radical (unpaired) electrons. The minimum absolute atomic E-state index is 0.414. The molecular weight excluding hydrogens is 256 g/mol. The summed E-state index contributed by atoms with van der Waals surface area (Å²) in [6, 6.07) is 4.47. The quantitative estimate of drug-likeness (QED) is 0.748. The van der Waals surface area contributed by atoms with Crippen LogP contribution in [0.2, 0.25) is 0 Å². The Kier molecular flexibility index (Phi) is 6.03. The highest BCUT2D eigenvalue weighted by Gasteiger charge is 2.19. The first-order valence-corrected chi connectivity index (χ1v) is 6.88. The Morgan fingerprint density at radius 1 is 1.30 bits per heavy atom. The van der Waals surface area contributed by atoms with E-state index in [0.29, 0.717) is 12.8 Å². The van der Waals surface area contributed by atoms with Gasteiger partial charge in [-0.1, -0.05) is 38.5 Å². The number of aliphatic carboxylic acids is 1. The second-order valence-electron chi connectivity index (χ2n) is 4.74. The Morgan fingerprint density at radius 3 is 2.55 bits per heavy atom. The number of rotatable bonds is 6. The molecule has 1 unspecified atom stereocenters. The SMILES string of the molecule is CCCC(NC(=O)Nc1c(C)cccc1CC)C(=O)O. The Morgan fingerprint density at radius 2 is 2.00 bits per heavy atom. The summed E-state index contributed by atoms with van der Waals surface area (Å²) in [4.78, 5) is 23.0. The van der Waals surface area contributed by atoms with E-state index in [-0.39, 0.29) is 0 Å². The van der Waals surface area contributed by atoms with Crippen molar-refractivity contribution in [1.82, 2.24) is 5.32 Å². The lowest BCUT2D eigenvalue weighted by molar-refractivity contribution is -0.139. The molecule has 0 aliphatic heterocycles. The molecule has 1 aromatic rings. The Labute approximate surface area is 119 Å². The van der Waals surface area contributed by atoms with Gasteiger partial charge in [-0.05, 0) is 30.9 Å². The van der Waals surface area contributed by atoms with Crippen LogP contribution >= 0.6 is 0 Å². The van der Waals surface area contributed by atoms with Gasteiger partial charge in [0, 0.05) is 5.69 Å². The summed E-state index contributed by atoms with van der Waals surface area (Å²) in [5, 5.41) is 14.3. The van der Waals surface area contributed by atoms with Gasteiger partial charge in [0.2, 0.25) is 0 Å². The van der Waals surface area contributed by atoms with Crippen LogP contribution in [0.1, 0.15) is 37.8 Å². The van der Waals surface area contributed by atoms with Gasteiger partial charge in [-0.3, -0.25) is 0 Å². The van der Waals surface area contributed by atoms with E-state index in [2.05, 4.69) is 10.6 Å². The molecule has 0 saturated heterocycles. The van der Waals surface area contributed by atoms with Crippen molar-refractivity contribution >= 4 is 17.7 Å². The lowest BCUT2D eigenvalue weighted by Crippen LogP contribution is -2.43. The fourth-order valence-electron chi connectivity index (χ4n) is 2.06. The number of hydrogen-bond acceptors (Lipinski definition) is 2. The lowest BCUT2D eigenvalue weighted by atomic mass is 10.1. The van der Waals surface area contributed by atoms with Gasteiger partial charge in [0.15, 0.2) is 0 Å². The molecule has 0 bridgehead atoms. The predicted octanol–water partition coefficient (Wildman–Crippen LogP) is 2.93. The molecule has 2 amide bonds. The maximum atomic E-state index is 11.9. The van der Waals surface area contributed by atoms with Crippen LogP contribution in [-0.4, -0.2) is 23.1 Å². The van der Waals surface area contributed by atoms with Crippen molar-refractivity contribution in [3.63, 3.8) is 0 Å². The molecule has 0 aromatic heterocycles. The zero-order valence-corrected chi connectivity index (χ0v) is 12.2. The summed E-state index contributed by atoms with van der Waals surface area (Å²) in [7, 11) is 0. The van der Waals surface area contributed by atoms with Gasteiger partial charge in [0.05, 0.1) is 0 Å². The largest absolute Gasteiger partial charge is 0.480 e. The van der Waals surface area contributed by atoms with Crippen LogP contribution < -0.4 is 10.6 Å². The fourth-order valence-corrected chi connectivity index (χ4v) is 2.06. The van der Waals surface area contributed by atoms with E-state index in [1.54, 1.807) is 0 Å². The zero-order valence-electron chi connectivity index (χ0n) is 12.2. The molecule has 0 fully saturated rings. The number of urea groups is 1. The third-order valence-corrected chi connectivity index (χ3v) is 3.16. The smallest absolute Gasteiger partial charge is 0.326 e. The topological polar surface area (TPSA) is 78.4 Å². The molecule has 0 saturated carbocycles. The van der Waals surface area contributed by atoms with Crippen molar-refractivity contribution in [3.05, 3.63) is 29.3 Å². The van der Waals surface area contributed by atoms with Gasteiger partial charge in [-0.25, -0.2) is 9.59 Å². The van der Waals surface area contributed by atoms with E-state index in [1.165, 1.54) is 0 Å². The standard InChI is InChI=1S/C15H22N2O3/c1-4-7-12(14(18)19)16-15(20)17-13-10(3)8-6-9-11(13)5-2/h6,8-9,12H,4-5,7H2,1-3H3,(H,18,19)(H2,16,17,20). The van der Waals surface area contributed by atoms with E-state index in [4.69, 9.17) is 5.11 Å². The summed E-state index contributed by atoms with van der Waals surface area (Å²) in [6.45, 7) is 5.80. The van der Waals surface area contributed by atoms with Crippen molar-refractivity contribution in [2.45, 2.75) is 46.1 Å². The number of anilines is 1. The first-order chi connectivity index (χ1) is 9.49. The van der Waals surface area contributed by atoms with Crippen LogP contribution in [0, 0.1) is 6.92 Å². The molecule has 5 heteroatoms. The first kappa shape index (κ1) is 16.0. The van der Waals surface area contributed by atoms with E-state index in [0.717, 1.165) is 23.2 Å². The summed E-state index contributed by atoms with van der Waals surface area (Å²) in [6.07, 6.45) is 1.91. The van der Waals surface area contributed by atoms with Crippen molar-refractivity contribution in [2.24, 2.45) is 0 Å². The Hall–Kier alpha value is -2.04. The summed E-state index contributed by atoms with van der Waals surface area (Å²) < 4.78 is 0. The van der Waals surface area contributed by atoms with Crippen LogP contribution in [-0.2, 0) is 11.2 Å². The number of benzene rings is 1. The molecule has 0 heterocycles. The van der Waals surface area contributed by atoms with E-state index in [1.807, 2.05) is 39.0 Å². The number of hydrogen-bond donors (Lipinski definition) is 3. The third-order valence-electron chi connectivity index (χ3n) is 3.16. The molecule has 1 aromatic carbocycles. The number of carboxylic acid groups (broad SMARTS) is 1. The summed E-state index contributed by atoms with van der Waals surface area (Å²) in [5.41, 5.74) is 2.75. The monoisotopic (exact) mass is 278 g/mol. The number of carbonyl (C=O) groups is 2. The highest BCUT2D eigenvalue weighted by molar-refractivity contribution is 5.93. The van der Waals surface area contributed by atoms with Gasteiger partial charge in [0.25, 0.3) is 0 Å². The van der Waals surface area contributed by atoms with Crippen LogP contribution in [0.4, 0.5) is 10.5 Å². The number of nitrogens with one attached hydrogen (secondary N) is 2. The van der Waals surface area contributed by atoms with Gasteiger partial charge in [0.1, 0.15) is 6.04 Å². The van der Waals surface area contributed by atoms with Crippen LogP contribution in [0.15, 0.2) is 18.2 Å². The van der Waals surface area contributed by atoms with Gasteiger partial charge < -0.3 is 15.7 Å². The number of amides is 2. The molecule has 3 N–H and O–H groups in total. The highest BCUT2D eigenvalue weighted by atomic mass is 16.4. The van der Waals surface area contributed by atoms with Crippen molar-refractivity contribution < 1.29 is 14.7 Å². The zero-order chi connectivity index (χ0) is 15.1. The van der Waals surface area contributed by atoms with Crippen molar-refractivity contribution in [1.29, 1.82) is 0 Å². The molecule has 0 aliphatic rings. The summed E-state index contributed by atoms with van der Waals surface area (Å²) >= 11 is 0. The normalized spacial score (nSPS) is 11.8. The Bertz CT molecular complexity index is 486. The van der Waals surface area contributed by atoms with E-state index in [9.17, 15) is 9.59 Å². The highest BCUT2D eigenvalue weighted by Crippen LogP contribution is 2.20. The molecule has 0 spiro atoms. The molecular formula is C15H22N2O3. The maximum Gasteiger partial charge on any atom is 0.326 e. The molecule has 0 aliphatic carbocycles. The van der Waals surface area contributed by atoms with Crippen LogP contribution in [0.25, 0.3) is 0 Å². The van der Waals surface area contributed by atoms with Crippen molar-refractivity contribution in [2.75, 3.05) is 5.32 Å². The molecule has 5 nitrogen and oxygen atoms in total. The molecule has 20 heavy (non-hydrogen) atoms. The Balaban J connectivity index is 2.78. The predicted molar refractivity (Wildman–Crippen MR) is 79.0 cm³/mol. The second kappa shape index (κ2) is 7.53. The average Bonchev–Trinajstić information content (AvgIpc) is 2.40. The average molecular weight is 278 g/mol. The van der Waals surface area contributed by atoms with Gasteiger partial charge in [-0.15, -0.1) is 0 Å². The number of aryl methyl sites for hydroxylation is 2. The lowest BCUT2D eigenvalue weighted by Gasteiger charge is -2.17. The van der Waals surface area contributed by atoms with Gasteiger partial charge in [-0.2, -0.15) is 0 Å². The van der Waals surface area contributed by atoms with E-state index >= 15 is 0 Å². The minimum atomic E-state index is -1.01. The number of carboxylic acids is 1. The van der Waals surface area contributed by atoms with Crippen LogP contribution in [0.3, 0.4) is 0 Å². The fraction of sp³-hybridized carbons (Fsp3) is 0.467. The molecule has 110 valence electrons. The maximum absolute atomic E-state index is 11.9. The third kappa shape index (κ3) is 4.26. The number of carbonyl (C=O) groups excluding carboxylic acids is 1. The first-order valence-electron chi connectivity index (χ1n) is 6.88. The van der Waals surface area contributed by atoms with Gasteiger partial charge >= 0.3 is 12.0 Å². The molecule has 1 rings (SSSR count). The number of para-hydroxylation sites is 1. The summed E-state index contributed by atoms with van der Waals surface area (Å²) in [5.74, 6) is -1.01. The van der Waals surface area contributed by atoms with Crippen LogP contribution in [0.5, 0.6) is 0 Å². The van der Waals surface area contributed by atoms with E-state index < -0.39 is 18.0 Å². The van der Waals surface area contributed by atoms with Crippen molar-refractivity contribution in [3.8, 4) is 0 Å².